The number of aromatic hydroxyl groups is 1. The normalized spacial score (nSPS) is 11.0. The van der Waals surface area contributed by atoms with Crippen LogP contribution in [0.25, 0.3) is 28.2 Å². The molecule has 0 aliphatic heterocycles. The fourth-order valence-corrected chi connectivity index (χ4v) is 2.84. The molecule has 0 aliphatic rings. The standard InChI is InChI=1S/C20H17N3O3/c1-26-19-10-15(6-8-18(19)25)17-11-21-20-9-7-16(22-23(17)20)14-4-2-13(12-24)3-5-14/h2-11,24-25H,12H2,1H3. The minimum atomic E-state index is 0.0150. The van der Waals surface area contributed by atoms with Crippen LogP contribution in [0.15, 0.2) is 60.8 Å². The van der Waals surface area contributed by atoms with Crippen molar-refractivity contribution in [1.29, 1.82) is 0 Å². The van der Waals surface area contributed by atoms with Crippen LogP contribution < -0.4 is 4.74 Å². The molecule has 0 atom stereocenters. The molecule has 0 saturated carbocycles. The van der Waals surface area contributed by atoms with Crippen molar-refractivity contribution >= 4 is 5.65 Å². The lowest BCUT2D eigenvalue weighted by Crippen LogP contribution is -1.97. The predicted octanol–water partition coefficient (Wildman–Crippen LogP) is 3.27. The van der Waals surface area contributed by atoms with Gasteiger partial charge in [-0.25, -0.2) is 9.50 Å². The lowest BCUT2D eigenvalue weighted by atomic mass is 10.1. The van der Waals surface area contributed by atoms with E-state index in [0.717, 1.165) is 33.7 Å². The molecule has 6 heteroatoms. The first-order chi connectivity index (χ1) is 12.7. The largest absolute Gasteiger partial charge is 0.504 e. The summed E-state index contributed by atoms with van der Waals surface area (Å²) in [4.78, 5) is 4.40. The lowest BCUT2D eigenvalue weighted by molar-refractivity contribution is 0.282. The molecule has 26 heavy (non-hydrogen) atoms. The van der Waals surface area contributed by atoms with Gasteiger partial charge in [-0.2, -0.15) is 5.10 Å². The maximum atomic E-state index is 9.80. The van der Waals surface area contributed by atoms with E-state index < -0.39 is 0 Å². The highest BCUT2D eigenvalue weighted by molar-refractivity contribution is 5.68. The average Bonchev–Trinajstić information content (AvgIpc) is 3.11. The number of phenolic OH excluding ortho intramolecular Hbond substituents is 1. The van der Waals surface area contributed by atoms with Gasteiger partial charge in [0, 0.05) is 11.1 Å². The first kappa shape index (κ1) is 16.1. The van der Waals surface area contributed by atoms with Gasteiger partial charge in [-0.3, -0.25) is 0 Å². The summed E-state index contributed by atoms with van der Waals surface area (Å²) in [6, 6.07) is 16.6. The monoisotopic (exact) mass is 347 g/mol. The number of nitrogens with zero attached hydrogens (tertiary/aromatic N) is 3. The van der Waals surface area contributed by atoms with E-state index in [0.29, 0.717) is 5.75 Å². The molecule has 130 valence electrons. The van der Waals surface area contributed by atoms with Crippen LogP contribution in [0, 0.1) is 0 Å². The van der Waals surface area contributed by atoms with Gasteiger partial charge >= 0.3 is 0 Å². The van der Waals surface area contributed by atoms with Crippen molar-refractivity contribution in [1.82, 2.24) is 14.6 Å². The zero-order valence-corrected chi connectivity index (χ0v) is 14.1. The summed E-state index contributed by atoms with van der Waals surface area (Å²) in [6.07, 6.45) is 1.74. The predicted molar refractivity (Wildman–Crippen MR) is 98.0 cm³/mol. The molecule has 0 spiro atoms. The van der Waals surface area contributed by atoms with E-state index in [1.807, 2.05) is 36.4 Å². The van der Waals surface area contributed by atoms with Gasteiger partial charge in [0.15, 0.2) is 17.1 Å². The molecule has 2 aromatic carbocycles. The summed E-state index contributed by atoms with van der Waals surface area (Å²) in [7, 11) is 1.51. The minimum absolute atomic E-state index is 0.0150. The molecular formula is C20H17N3O3. The van der Waals surface area contributed by atoms with E-state index in [9.17, 15) is 10.2 Å². The number of benzene rings is 2. The zero-order chi connectivity index (χ0) is 18.1. The van der Waals surface area contributed by atoms with Crippen molar-refractivity contribution in [3.05, 3.63) is 66.4 Å². The molecular weight excluding hydrogens is 330 g/mol. The van der Waals surface area contributed by atoms with Crippen LogP contribution in [-0.2, 0) is 6.61 Å². The summed E-state index contributed by atoms with van der Waals surface area (Å²) in [5, 5.41) is 23.7. The minimum Gasteiger partial charge on any atom is -0.504 e. The summed E-state index contributed by atoms with van der Waals surface area (Å²) >= 11 is 0. The van der Waals surface area contributed by atoms with E-state index >= 15 is 0 Å². The zero-order valence-electron chi connectivity index (χ0n) is 14.1. The molecule has 0 fully saturated rings. The summed E-state index contributed by atoms with van der Waals surface area (Å²) in [6.45, 7) is 0.0150. The van der Waals surface area contributed by atoms with Gasteiger partial charge in [-0.05, 0) is 35.9 Å². The number of aromatic nitrogens is 3. The van der Waals surface area contributed by atoms with Crippen LogP contribution in [-0.4, -0.2) is 31.9 Å². The molecule has 2 heterocycles. The van der Waals surface area contributed by atoms with E-state index in [-0.39, 0.29) is 12.4 Å². The van der Waals surface area contributed by atoms with E-state index in [2.05, 4.69) is 4.98 Å². The number of hydrogen-bond donors (Lipinski definition) is 2. The van der Waals surface area contributed by atoms with Crippen molar-refractivity contribution < 1.29 is 14.9 Å². The molecule has 4 aromatic rings. The number of aliphatic hydroxyl groups is 1. The Kier molecular flexibility index (Phi) is 4.02. The fourth-order valence-electron chi connectivity index (χ4n) is 2.84. The van der Waals surface area contributed by atoms with Crippen molar-refractivity contribution in [3.63, 3.8) is 0 Å². The van der Waals surface area contributed by atoms with Crippen LogP contribution in [0.1, 0.15) is 5.56 Å². The first-order valence-electron chi connectivity index (χ1n) is 8.12. The first-order valence-corrected chi connectivity index (χ1v) is 8.12. The van der Waals surface area contributed by atoms with Crippen LogP contribution in [0.5, 0.6) is 11.5 Å². The number of aliphatic hydroxyl groups excluding tert-OH is 1. The van der Waals surface area contributed by atoms with Gasteiger partial charge in [0.25, 0.3) is 0 Å². The van der Waals surface area contributed by atoms with E-state index in [1.54, 1.807) is 28.9 Å². The summed E-state index contributed by atoms with van der Waals surface area (Å²) < 4.78 is 6.96. The third-order valence-corrected chi connectivity index (χ3v) is 4.27. The SMILES string of the molecule is COc1cc(-c2cnc3ccc(-c4ccc(CO)cc4)nn23)ccc1O. The molecule has 0 amide bonds. The second-order valence-corrected chi connectivity index (χ2v) is 5.87. The van der Waals surface area contributed by atoms with Gasteiger partial charge in [-0.1, -0.05) is 24.3 Å². The summed E-state index contributed by atoms with van der Waals surface area (Å²) in [5.41, 5.74) is 4.97. The van der Waals surface area contributed by atoms with Crippen LogP contribution in [0.2, 0.25) is 0 Å². The maximum Gasteiger partial charge on any atom is 0.161 e. The Morgan fingerprint density at radius 3 is 2.50 bits per heavy atom. The highest BCUT2D eigenvalue weighted by atomic mass is 16.5. The Bertz CT molecular complexity index is 1070. The highest BCUT2D eigenvalue weighted by Crippen LogP contribution is 2.31. The number of hydrogen-bond acceptors (Lipinski definition) is 5. The van der Waals surface area contributed by atoms with Gasteiger partial charge in [-0.15, -0.1) is 0 Å². The lowest BCUT2D eigenvalue weighted by Gasteiger charge is -2.07. The van der Waals surface area contributed by atoms with Gasteiger partial charge in [0.1, 0.15) is 0 Å². The van der Waals surface area contributed by atoms with Gasteiger partial charge in [0.05, 0.1) is 31.3 Å². The van der Waals surface area contributed by atoms with Crippen molar-refractivity contribution in [2.75, 3.05) is 7.11 Å². The van der Waals surface area contributed by atoms with Crippen LogP contribution in [0.3, 0.4) is 0 Å². The molecule has 0 radical (unpaired) electrons. The molecule has 0 bridgehead atoms. The second-order valence-electron chi connectivity index (χ2n) is 5.87. The van der Waals surface area contributed by atoms with Crippen LogP contribution >= 0.6 is 0 Å². The van der Waals surface area contributed by atoms with Crippen molar-refractivity contribution in [2.45, 2.75) is 6.61 Å². The Balaban J connectivity index is 1.82. The fraction of sp³-hybridized carbons (Fsp3) is 0.100. The Morgan fingerprint density at radius 2 is 1.77 bits per heavy atom. The smallest absolute Gasteiger partial charge is 0.161 e. The van der Waals surface area contributed by atoms with Crippen LogP contribution in [0.4, 0.5) is 0 Å². The Morgan fingerprint density at radius 1 is 1.00 bits per heavy atom. The maximum absolute atomic E-state index is 9.80. The highest BCUT2D eigenvalue weighted by Gasteiger charge is 2.11. The number of rotatable bonds is 4. The molecule has 2 aromatic heterocycles. The third kappa shape index (κ3) is 2.76. The molecule has 4 rings (SSSR count). The van der Waals surface area contributed by atoms with Gasteiger partial charge in [0.2, 0.25) is 0 Å². The van der Waals surface area contributed by atoms with Crippen molar-refractivity contribution in [2.24, 2.45) is 0 Å². The number of phenols is 1. The number of ether oxygens (including phenoxy) is 1. The Labute approximate surface area is 150 Å². The van der Waals surface area contributed by atoms with Crippen molar-refractivity contribution in [3.8, 4) is 34.0 Å². The van der Waals surface area contributed by atoms with Gasteiger partial charge < -0.3 is 14.9 Å². The topological polar surface area (TPSA) is 79.9 Å². The number of fused-ring (bicyclic) bond motifs is 1. The van der Waals surface area contributed by atoms with E-state index in [4.69, 9.17) is 9.84 Å². The Hall–Kier alpha value is -3.38. The quantitative estimate of drug-likeness (QED) is 0.592. The molecule has 0 aliphatic carbocycles. The summed E-state index contributed by atoms with van der Waals surface area (Å²) in [5.74, 6) is 0.482. The third-order valence-electron chi connectivity index (χ3n) is 4.27. The molecule has 6 nitrogen and oxygen atoms in total. The van der Waals surface area contributed by atoms with E-state index in [1.165, 1.54) is 7.11 Å². The molecule has 0 saturated heterocycles. The number of imidazole rings is 1. The second kappa shape index (κ2) is 6.50. The molecule has 0 unspecified atom stereocenters. The number of methoxy groups -OCH3 is 1. The average molecular weight is 347 g/mol. The molecule has 2 N–H and O–H groups in total.